The Morgan fingerprint density at radius 1 is 0.969 bits per heavy atom. The van der Waals surface area contributed by atoms with Gasteiger partial charge in [-0.05, 0) is 54.8 Å². The second-order valence-electron chi connectivity index (χ2n) is 8.20. The SMILES string of the molecule is CC1CN(C(=O)c2cccc(S(=O)(=O)N3CCc4ccccc4C3)c2)c2ccccc2O1. The van der Waals surface area contributed by atoms with Crippen molar-refractivity contribution in [2.24, 2.45) is 0 Å². The molecule has 3 aromatic rings. The molecule has 1 amide bonds. The Morgan fingerprint density at radius 3 is 2.56 bits per heavy atom. The molecule has 0 radical (unpaired) electrons. The van der Waals surface area contributed by atoms with Gasteiger partial charge < -0.3 is 9.64 Å². The molecule has 7 heteroatoms. The first kappa shape index (κ1) is 20.7. The lowest BCUT2D eigenvalue weighted by atomic mass is 10.0. The Hall–Kier alpha value is -3.16. The Labute approximate surface area is 188 Å². The van der Waals surface area contributed by atoms with Crippen molar-refractivity contribution in [1.29, 1.82) is 0 Å². The van der Waals surface area contributed by atoms with E-state index in [-0.39, 0.29) is 16.9 Å². The van der Waals surface area contributed by atoms with Gasteiger partial charge in [0.05, 0.1) is 17.1 Å². The summed E-state index contributed by atoms with van der Waals surface area (Å²) in [6.45, 7) is 3.07. The van der Waals surface area contributed by atoms with Gasteiger partial charge in [-0.1, -0.05) is 42.5 Å². The number of sulfonamides is 1. The summed E-state index contributed by atoms with van der Waals surface area (Å²) in [4.78, 5) is 15.2. The van der Waals surface area contributed by atoms with Gasteiger partial charge in [0, 0.05) is 18.7 Å². The highest BCUT2D eigenvalue weighted by molar-refractivity contribution is 7.89. The maximum atomic E-state index is 13.4. The molecule has 32 heavy (non-hydrogen) atoms. The predicted octanol–water partition coefficient (Wildman–Crippen LogP) is 3.86. The first-order chi connectivity index (χ1) is 15.4. The van der Waals surface area contributed by atoms with Crippen molar-refractivity contribution in [3.63, 3.8) is 0 Å². The van der Waals surface area contributed by atoms with Gasteiger partial charge >= 0.3 is 0 Å². The topological polar surface area (TPSA) is 66.9 Å². The maximum Gasteiger partial charge on any atom is 0.258 e. The molecule has 164 valence electrons. The van der Waals surface area contributed by atoms with Crippen LogP contribution < -0.4 is 9.64 Å². The van der Waals surface area contributed by atoms with E-state index in [4.69, 9.17) is 4.74 Å². The van der Waals surface area contributed by atoms with Crippen molar-refractivity contribution in [3.8, 4) is 5.75 Å². The molecule has 3 aromatic carbocycles. The van der Waals surface area contributed by atoms with E-state index in [0.29, 0.717) is 43.1 Å². The minimum Gasteiger partial charge on any atom is -0.487 e. The summed E-state index contributed by atoms with van der Waals surface area (Å²) in [6, 6.07) is 21.6. The molecule has 1 atom stereocenters. The van der Waals surface area contributed by atoms with Crippen LogP contribution in [0.25, 0.3) is 0 Å². The zero-order valence-corrected chi connectivity index (χ0v) is 18.6. The van der Waals surface area contributed by atoms with E-state index < -0.39 is 10.0 Å². The Balaban J connectivity index is 1.45. The monoisotopic (exact) mass is 448 g/mol. The quantitative estimate of drug-likeness (QED) is 0.610. The van der Waals surface area contributed by atoms with Gasteiger partial charge in [0.1, 0.15) is 11.9 Å². The summed E-state index contributed by atoms with van der Waals surface area (Å²) in [5, 5.41) is 0. The van der Waals surface area contributed by atoms with E-state index >= 15 is 0 Å². The van der Waals surface area contributed by atoms with E-state index in [0.717, 1.165) is 5.56 Å². The number of rotatable bonds is 3. The number of carbonyl (C=O) groups excluding carboxylic acids is 1. The molecule has 2 heterocycles. The average Bonchev–Trinajstić information content (AvgIpc) is 2.82. The molecule has 0 aliphatic carbocycles. The molecule has 0 saturated heterocycles. The van der Waals surface area contributed by atoms with E-state index in [1.54, 1.807) is 23.1 Å². The molecule has 1 unspecified atom stereocenters. The molecule has 5 rings (SSSR count). The van der Waals surface area contributed by atoms with E-state index in [9.17, 15) is 13.2 Å². The standard InChI is InChI=1S/C25H24N2O4S/c1-18-16-27(23-11-4-5-12-24(23)31-18)25(28)20-9-6-10-22(15-20)32(29,30)26-14-13-19-7-2-3-8-21(19)17-26/h2-12,15,18H,13-14,16-17H2,1H3. The summed E-state index contributed by atoms with van der Waals surface area (Å²) < 4.78 is 34.1. The zero-order valence-electron chi connectivity index (χ0n) is 17.8. The van der Waals surface area contributed by atoms with Gasteiger partial charge in [0.2, 0.25) is 10.0 Å². The van der Waals surface area contributed by atoms with Crippen LogP contribution in [-0.2, 0) is 23.0 Å². The lowest BCUT2D eigenvalue weighted by Gasteiger charge is -2.33. The van der Waals surface area contributed by atoms with E-state index in [1.165, 1.54) is 15.9 Å². The molecule has 0 spiro atoms. The van der Waals surface area contributed by atoms with Crippen LogP contribution in [0.5, 0.6) is 5.75 Å². The molecule has 0 saturated carbocycles. The van der Waals surface area contributed by atoms with Crippen LogP contribution in [0.1, 0.15) is 28.4 Å². The number of ether oxygens (including phenoxy) is 1. The molecule has 2 aliphatic rings. The average molecular weight is 449 g/mol. The second kappa shape index (κ2) is 8.07. The first-order valence-corrected chi connectivity index (χ1v) is 12.1. The van der Waals surface area contributed by atoms with Crippen molar-refractivity contribution in [1.82, 2.24) is 4.31 Å². The van der Waals surface area contributed by atoms with Crippen molar-refractivity contribution < 1.29 is 17.9 Å². The van der Waals surface area contributed by atoms with Crippen molar-refractivity contribution in [3.05, 3.63) is 89.5 Å². The lowest BCUT2D eigenvalue weighted by Crippen LogP contribution is -2.42. The number of hydrogen-bond acceptors (Lipinski definition) is 4. The first-order valence-electron chi connectivity index (χ1n) is 10.7. The van der Waals surface area contributed by atoms with Crippen molar-refractivity contribution >= 4 is 21.6 Å². The fraction of sp³-hybridized carbons (Fsp3) is 0.240. The number of amides is 1. The number of fused-ring (bicyclic) bond motifs is 2. The van der Waals surface area contributed by atoms with Gasteiger partial charge in [0.25, 0.3) is 5.91 Å². The maximum absolute atomic E-state index is 13.4. The van der Waals surface area contributed by atoms with Crippen molar-refractivity contribution in [2.75, 3.05) is 18.0 Å². The van der Waals surface area contributed by atoms with Crippen LogP contribution in [0.4, 0.5) is 5.69 Å². The summed E-state index contributed by atoms with van der Waals surface area (Å²) in [7, 11) is -3.72. The third-order valence-electron chi connectivity index (χ3n) is 5.98. The molecule has 0 N–H and O–H groups in total. The van der Waals surface area contributed by atoms with Gasteiger partial charge in [-0.3, -0.25) is 4.79 Å². The number of carbonyl (C=O) groups is 1. The highest BCUT2D eigenvalue weighted by Crippen LogP contribution is 2.34. The summed E-state index contributed by atoms with van der Waals surface area (Å²) in [5.74, 6) is 0.406. The molecule has 0 aromatic heterocycles. The molecular weight excluding hydrogens is 424 g/mol. The third kappa shape index (κ3) is 3.67. The number of hydrogen-bond donors (Lipinski definition) is 0. The van der Waals surface area contributed by atoms with Crippen LogP contribution in [0.15, 0.2) is 77.7 Å². The third-order valence-corrected chi connectivity index (χ3v) is 7.82. The van der Waals surface area contributed by atoms with Gasteiger partial charge in [0.15, 0.2) is 0 Å². The van der Waals surface area contributed by atoms with Crippen LogP contribution in [-0.4, -0.2) is 37.8 Å². The van der Waals surface area contributed by atoms with Gasteiger partial charge in [-0.25, -0.2) is 8.42 Å². The summed E-state index contributed by atoms with van der Waals surface area (Å²) in [6.07, 6.45) is 0.519. The molecule has 6 nitrogen and oxygen atoms in total. The number of anilines is 1. The minimum absolute atomic E-state index is 0.136. The second-order valence-corrected chi connectivity index (χ2v) is 10.1. The highest BCUT2D eigenvalue weighted by Gasteiger charge is 2.31. The van der Waals surface area contributed by atoms with Crippen LogP contribution in [0, 0.1) is 0 Å². The Morgan fingerprint density at radius 2 is 1.72 bits per heavy atom. The Kier molecular flexibility index (Phi) is 5.23. The van der Waals surface area contributed by atoms with Gasteiger partial charge in [-0.15, -0.1) is 0 Å². The van der Waals surface area contributed by atoms with Crippen LogP contribution in [0.3, 0.4) is 0 Å². The van der Waals surface area contributed by atoms with E-state index in [2.05, 4.69) is 0 Å². The largest absolute Gasteiger partial charge is 0.487 e. The molecule has 2 aliphatic heterocycles. The predicted molar refractivity (Wildman–Crippen MR) is 122 cm³/mol. The Bertz CT molecular complexity index is 1290. The minimum atomic E-state index is -3.72. The lowest BCUT2D eigenvalue weighted by molar-refractivity contribution is 0.0961. The van der Waals surface area contributed by atoms with Crippen LogP contribution >= 0.6 is 0 Å². The fourth-order valence-corrected chi connectivity index (χ4v) is 5.82. The summed E-state index contributed by atoms with van der Waals surface area (Å²) in [5.41, 5.74) is 3.24. The zero-order chi connectivity index (χ0) is 22.3. The summed E-state index contributed by atoms with van der Waals surface area (Å²) >= 11 is 0. The molecule has 0 bridgehead atoms. The van der Waals surface area contributed by atoms with Crippen LogP contribution in [0.2, 0.25) is 0 Å². The normalized spacial score (nSPS) is 18.4. The molecular formula is C25H24N2O4S. The number of para-hydroxylation sites is 2. The molecule has 0 fully saturated rings. The number of benzene rings is 3. The highest BCUT2D eigenvalue weighted by atomic mass is 32.2. The van der Waals surface area contributed by atoms with E-state index in [1.807, 2.05) is 55.5 Å². The fourth-order valence-electron chi connectivity index (χ4n) is 4.35. The van der Waals surface area contributed by atoms with Crippen molar-refractivity contribution in [2.45, 2.75) is 30.9 Å². The smallest absolute Gasteiger partial charge is 0.258 e. The van der Waals surface area contributed by atoms with Gasteiger partial charge in [-0.2, -0.15) is 4.31 Å². The number of nitrogens with zero attached hydrogens (tertiary/aromatic N) is 2.